The van der Waals surface area contributed by atoms with Crippen LogP contribution in [0.15, 0.2) is 30.3 Å². The van der Waals surface area contributed by atoms with Crippen molar-refractivity contribution in [1.29, 1.82) is 0 Å². The Morgan fingerprint density at radius 3 is 2.58 bits per heavy atom. The number of alkyl halides is 3. The van der Waals surface area contributed by atoms with E-state index in [4.69, 9.17) is 20.4 Å². The number of fused-ring (bicyclic) bond motifs is 3. The van der Waals surface area contributed by atoms with Crippen LogP contribution in [0.3, 0.4) is 0 Å². The van der Waals surface area contributed by atoms with Crippen molar-refractivity contribution >= 4 is 28.6 Å². The number of aromatic nitrogens is 4. The van der Waals surface area contributed by atoms with Crippen LogP contribution in [0.4, 0.5) is 18.0 Å². The van der Waals surface area contributed by atoms with Crippen LogP contribution in [0, 0.1) is 24.7 Å². The molecule has 0 aromatic carbocycles. The molecule has 0 radical (unpaired) electrons. The van der Waals surface area contributed by atoms with E-state index in [9.17, 15) is 27.9 Å². The molecule has 3 amide bonds. The van der Waals surface area contributed by atoms with E-state index >= 15 is 0 Å². The molecule has 6 atom stereocenters. The Hall–Kier alpha value is -4.37. The highest BCUT2D eigenvalue weighted by Crippen LogP contribution is 2.60. The van der Waals surface area contributed by atoms with E-state index in [-0.39, 0.29) is 24.0 Å². The number of nitrogens with one attached hydrogen (secondary N) is 1. The number of piperidine rings is 2. The number of amides is 3. The molecule has 4 aromatic rings. The monoisotopic (exact) mass is 692 g/mol. The first-order chi connectivity index (χ1) is 23.8. The molecule has 4 aromatic heterocycles. The average molecular weight is 693 g/mol. The molecule has 4 bridgehead atoms. The van der Waals surface area contributed by atoms with Gasteiger partial charge in [-0.2, -0.15) is 13.2 Å². The van der Waals surface area contributed by atoms with Crippen molar-refractivity contribution in [2.75, 3.05) is 20.2 Å². The number of hydrogen-bond acceptors (Lipinski definition) is 7. The third kappa shape index (κ3) is 4.65. The Morgan fingerprint density at radius 2 is 1.92 bits per heavy atom. The number of halogens is 3. The molecule has 4 N–H and O–H groups in total. The Bertz CT molecular complexity index is 2080. The molecule has 0 spiro atoms. The molecule has 12 nitrogen and oxygen atoms in total. The molecular formula is C35H39F3N8O4. The summed E-state index contributed by atoms with van der Waals surface area (Å²) >= 11 is 0. The zero-order chi connectivity index (χ0) is 35.0. The zero-order valence-electron chi connectivity index (χ0n) is 27.9. The van der Waals surface area contributed by atoms with Crippen molar-refractivity contribution in [3.63, 3.8) is 0 Å². The number of urea groups is 1. The minimum absolute atomic E-state index is 0.00849. The van der Waals surface area contributed by atoms with Gasteiger partial charge in [0.15, 0.2) is 11.5 Å². The number of rotatable bonds is 7. The topological polar surface area (TPSA) is 143 Å². The zero-order valence-corrected chi connectivity index (χ0v) is 27.9. The van der Waals surface area contributed by atoms with Crippen molar-refractivity contribution in [2.45, 2.75) is 82.0 Å². The van der Waals surface area contributed by atoms with Gasteiger partial charge in [0.1, 0.15) is 17.0 Å². The molecule has 7 heterocycles. The molecule has 3 aliphatic carbocycles. The minimum Gasteiger partial charge on any atom is -0.482 e. The maximum atomic E-state index is 13.9. The Morgan fingerprint density at radius 1 is 1.16 bits per heavy atom. The lowest BCUT2D eigenvalue weighted by atomic mass is 9.89. The van der Waals surface area contributed by atoms with Gasteiger partial charge in [-0.15, -0.1) is 0 Å². The van der Waals surface area contributed by atoms with Crippen LogP contribution in [0.5, 0.6) is 5.88 Å². The van der Waals surface area contributed by atoms with E-state index in [0.29, 0.717) is 46.2 Å². The fourth-order valence-corrected chi connectivity index (χ4v) is 8.82. The summed E-state index contributed by atoms with van der Waals surface area (Å²) in [6.45, 7) is 2.78. The van der Waals surface area contributed by atoms with E-state index in [1.165, 1.54) is 0 Å². The molecular weight excluding hydrogens is 653 g/mol. The van der Waals surface area contributed by atoms with Gasteiger partial charge in [0.05, 0.1) is 43.3 Å². The number of ether oxygens (including phenoxy) is 1. The van der Waals surface area contributed by atoms with Crippen LogP contribution in [-0.2, 0) is 6.54 Å². The molecule has 3 saturated carbocycles. The predicted octanol–water partition coefficient (Wildman–Crippen LogP) is 4.02. The van der Waals surface area contributed by atoms with Crippen LogP contribution in [0.25, 0.3) is 28.1 Å². The molecule has 50 heavy (non-hydrogen) atoms. The summed E-state index contributed by atoms with van der Waals surface area (Å²) in [6, 6.07) is 8.66. The molecule has 6 aliphatic rings. The van der Waals surface area contributed by atoms with Crippen molar-refractivity contribution in [2.24, 2.45) is 23.5 Å². The van der Waals surface area contributed by atoms with E-state index in [2.05, 4.69) is 9.88 Å². The molecule has 6 fully saturated rings. The van der Waals surface area contributed by atoms with Crippen LogP contribution in [-0.4, -0.2) is 95.9 Å². The summed E-state index contributed by atoms with van der Waals surface area (Å²) < 4.78 is 49.2. The van der Waals surface area contributed by atoms with Crippen molar-refractivity contribution in [1.82, 2.24) is 34.1 Å². The van der Waals surface area contributed by atoms with E-state index in [1.54, 1.807) is 26.2 Å². The van der Waals surface area contributed by atoms with Gasteiger partial charge in [-0.05, 0) is 81.5 Å². The molecule has 15 heteroatoms. The summed E-state index contributed by atoms with van der Waals surface area (Å²) in [6.07, 6.45) is -0.746. The average Bonchev–Trinajstić information content (AvgIpc) is 3.92. The van der Waals surface area contributed by atoms with Gasteiger partial charge in [0.25, 0.3) is 5.91 Å². The second-order valence-corrected chi connectivity index (χ2v) is 15.0. The maximum Gasteiger partial charge on any atom is 0.420 e. The Kier molecular flexibility index (Phi) is 6.68. The second-order valence-electron chi connectivity index (χ2n) is 15.0. The highest BCUT2D eigenvalue weighted by molar-refractivity contribution is 5.97. The number of aryl methyl sites for hydroxylation is 1. The SMILES string of the molecule is COc1cc(C(=O)N2[C@H]3CC4[C@@H]([C@H](N)C3)[C@@H]42)cc2nc(-c3cc4ccc([C@@H](C)NC(=O)N5CC(O)(C(F)(F)F)C5)nc4n3CC3CC3)c(C)n12. The number of carbonyl (C=O) groups is 2. The number of nitrogens with two attached hydrogens (primary N) is 1. The van der Waals surface area contributed by atoms with Gasteiger partial charge in [0.2, 0.25) is 0 Å². The van der Waals surface area contributed by atoms with Crippen molar-refractivity contribution in [3.05, 3.63) is 47.3 Å². The first-order valence-electron chi connectivity index (χ1n) is 17.3. The van der Waals surface area contributed by atoms with E-state index in [1.807, 2.05) is 34.4 Å². The summed E-state index contributed by atoms with van der Waals surface area (Å²) in [5.41, 5.74) is 8.31. The smallest absolute Gasteiger partial charge is 0.420 e. The van der Waals surface area contributed by atoms with Gasteiger partial charge >= 0.3 is 12.2 Å². The Balaban J connectivity index is 1.03. The lowest BCUT2D eigenvalue weighted by Crippen LogP contribution is -2.71. The quantitative estimate of drug-likeness (QED) is 0.266. The number of imidazole rings is 1. The number of nitrogens with zero attached hydrogens (tertiary/aromatic N) is 6. The van der Waals surface area contributed by atoms with Gasteiger partial charge < -0.3 is 35.3 Å². The van der Waals surface area contributed by atoms with E-state index in [0.717, 1.165) is 59.6 Å². The van der Waals surface area contributed by atoms with Crippen LogP contribution in [0.2, 0.25) is 0 Å². The molecule has 10 rings (SSSR count). The third-order valence-electron chi connectivity index (χ3n) is 11.7. The number of methoxy groups -OCH3 is 1. The van der Waals surface area contributed by atoms with Crippen LogP contribution >= 0.6 is 0 Å². The Labute approximate surface area is 285 Å². The highest BCUT2D eigenvalue weighted by atomic mass is 19.4. The first-order valence-corrected chi connectivity index (χ1v) is 17.3. The fourth-order valence-electron chi connectivity index (χ4n) is 8.82. The van der Waals surface area contributed by atoms with Gasteiger partial charge in [0, 0.05) is 41.7 Å². The fraction of sp³-hybridized carbons (Fsp3) is 0.543. The normalized spacial score (nSPS) is 27.1. The van der Waals surface area contributed by atoms with Crippen molar-refractivity contribution in [3.8, 4) is 17.3 Å². The number of carbonyl (C=O) groups excluding carboxylic acids is 2. The third-order valence-corrected chi connectivity index (χ3v) is 11.7. The molecule has 264 valence electrons. The van der Waals surface area contributed by atoms with Crippen LogP contribution < -0.4 is 15.8 Å². The molecule has 3 aliphatic heterocycles. The maximum absolute atomic E-state index is 13.9. The van der Waals surface area contributed by atoms with Crippen molar-refractivity contribution < 1.29 is 32.6 Å². The first kappa shape index (κ1) is 31.6. The number of hydrogen-bond donors (Lipinski definition) is 3. The lowest BCUT2D eigenvalue weighted by molar-refractivity contribution is -0.294. The van der Waals surface area contributed by atoms with Gasteiger partial charge in [-0.3, -0.25) is 9.20 Å². The highest BCUT2D eigenvalue weighted by Gasteiger charge is 2.68. The van der Waals surface area contributed by atoms with Gasteiger partial charge in [-0.1, -0.05) is 0 Å². The minimum atomic E-state index is -4.81. The lowest BCUT2D eigenvalue weighted by Gasteiger charge is -2.46. The number of likely N-dealkylation sites (tertiary alicyclic amines) is 1. The summed E-state index contributed by atoms with van der Waals surface area (Å²) in [5, 5.41) is 13.4. The molecule has 3 saturated heterocycles. The number of pyridine rings is 2. The predicted molar refractivity (Wildman–Crippen MR) is 175 cm³/mol. The summed E-state index contributed by atoms with van der Waals surface area (Å²) in [7, 11) is 1.59. The summed E-state index contributed by atoms with van der Waals surface area (Å²) in [5.74, 6) is 1.90. The standard InChI is InChI=1S/C35H39F3N8O4/c1-16(40-33(48)43-14-34(49,15-43)35(36,37)38)24-7-6-19-8-25(44(31(19)41-24)13-18-4-5-18)29-17(2)45-26(42-29)9-20(10-27(45)50-3)32(47)46-21-11-22-28(30(22)46)23(39)12-21/h6-10,16,18,21-23,28,30,49H,4-5,11-15,39H2,1-3H3,(H,40,48)/t16-,21+,22?,23-,28+,30-/m1/s1. The summed E-state index contributed by atoms with van der Waals surface area (Å²) in [4.78, 5) is 39.7. The number of β-amino-alcohol motifs (C(OH)–C–C–N with tert-alkyl or cyclic N) is 1. The molecule has 1 unspecified atom stereocenters. The number of aliphatic hydroxyl groups is 1. The van der Waals surface area contributed by atoms with Gasteiger partial charge in [-0.25, -0.2) is 14.8 Å². The van der Waals surface area contributed by atoms with E-state index < -0.39 is 36.9 Å². The largest absolute Gasteiger partial charge is 0.482 e. The van der Waals surface area contributed by atoms with Crippen LogP contribution in [0.1, 0.15) is 60.4 Å². The second kappa shape index (κ2) is 10.6.